The highest BCUT2D eigenvalue weighted by Gasteiger charge is 2.03. The van der Waals surface area contributed by atoms with Crippen LogP contribution in [0.25, 0.3) is 0 Å². The number of carbonyl (C=O) groups is 1. The van der Waals surface area contributed by atoms with Crippen molar-refractivity contribution < 1.29 is 9.53 Å². The molecule has 2 rings (SSSR count). The molecule has 2 aromatic rings. The van der Waals surface area contributed by atoms with Gasteiger partial charge in [0.2, 0.25) is 5.91 Å². The van der Waals surface area contributed by atoms with Crippen molar-refractivity contribution >= 4 is 17.7 Å². The van der Waals surface area contributed by atoms with E-state index in [4.69, 9.17) is 4.74 Å². The molecule has 4 heteroatoms. The van der Waals surface area contributed by atoms with E-state index in [0.29, 0.717) is 6.42 Å². The Morgan fingerprint density at radius 2 is 1.96 bits per heavy atom. The molecule has 0 bridgehead atoms. The van der Waals surface area contributed by atoms with Gasteiger partial charge in [0.1, 0.15) is 5.75 Å². The summed E-state index contributed by atoms with van der Waals surface area (Å²) in [6.45, 7) is 0.733. The van der Waals surface area contributed by atoms with Gasteiger partial charge in [-0.2, -0.15) is 0 Å². The van der Waals surface area contributed by atoms with Crippen LogP contribution in [-0.2, 0) is 11.2 Å². The molecule has 23 heavy (non-hydrogen) atoms. The molecule has 0 radical (unpaired) electrons. The number of nitrogens with one attached hydrogen (secondary N) is 1. The largest absolute Gasteiger partial charge is 0.497 e. The summed E-state index contributed by atoms with van der Waals surface area (Å²) in [6.07, 6.45) is 2.23. The fraction of sp³-hybridized carbons (Fsp3) is 0.316. The number of hydrogen-bond acceptors (Lipinski definition) is 3. The van der Waals surface area contributed by atoms with Gasteiger partial charge in [0.25, 0.3) is 0 Å². The fourth-order valence-corrected chi connectivity index (χ4v) is 3.05. The predicted octanol–water partition coefficient (Wildman–Crippen LogP) is 3.93. The Kier molecular flexibility index (Phi) is 7.54. The van der Waals surface area contributed by atoms with Crippen molar-refractivity contribution in [1.29, 1.82) is 0 Å². The lowest BCUT2D eigenvalue weighted by Crippen LogP contribution is -2.24. The first-order valence-corrected chi connectivity index (χ1v) is 8.84. The van der Waals surface area contributed by atoms with Crippen LogP contribution >= 0.6 is 11.8 Å². The quantitative estimate of drug-likeness (QED) is 0.560. The molecule has 122 valence electrons. The molecule has 0 aliphatic rings. The molecule has 0 saturated heterocycles. The van der Waals surface area contributed by atoms with Crippen LogP contribution < -0.4 is 10.1 Å². The third-order valence-electron chi connectivity index (χ3n) is 3.43. The Morgan fingerprint density at radius 1 is 1.13 bits per heavy atom. The number of carbonyl (C=O) groups excluding carboxylic acids is 1. The van der Waals surface area contributed by atoms with E-state index >= 15 is 0 Å². The lowest BCUT2D eigenvalue weighted by Gasteiger charge is -2.06. The summed E-state index contributed by atoms with van der Waals surface area (Å²) in [5.74, 6) is 1.96. The summed E-state index contributed by atoms with van der Waals surface area (Å²) in [5, 5.41) is 2.98. The van der Waals surface area contributed by atoms with Crippen molar-refractivity contribution in [1.82, 2.24) is 5.32 Å². The van der Waals surface area contributed by atoms with E-state index in [0.717, 1.165) is 36.5 Å². The maximum absolute atomic E-state index is 11.9. The van der Waals surface area contributed by atoms with Crippen LogP contribution in [0.4, 0.5) is 0 Å². The summed E-state index contributed by atoms with van der Waals surface area (Å²) in [4.78, 5) is 13.1. The van der Waals surface area contributed by atoms with Gasteiger partial charge in [-0.25, -0.2) is 0 Å². The normalized spacial score (nSPS) is 10.3. The molecule has 0 heterocycles. The van der Waals surface area contributed by atoms with Crippen LogP contribution in [0.3, 0.4) is 0 Å². The first kappa shape index (κ1) is 17.4. The number of hydrogen-bond donors (Lipinski definition) is 1. The number of thioether (sulfide) groups is 1. The molecule has 2 aromatic carbocycles. The summed E-state index contributed by atoms with van der Waals surface area (Å²) in [5.41, 5.74) is 1.12. The SMILES string of the molecule is COc1cccc(CCC(=O)NCCCSc2ccccc2)c1. The molecule has 0 spiro atoms. The highest BCUT2D eigenvalue weighted by Crippen LogP contribution is 2.17. The Hall–Kier alpha value is -1.94. The van der Waals surface area contributed by atoms with E-state index in [1.54, 1.807) is 7.11 Å². The molecule has 0 unspecified atom stereocenters. The molecular formula is C19H23NO2S. The third kappa shape index (κ3) is 6.78. The van der Waals surface area contributed by atoms with E-state index in [-0.39, 0.29) is 5.91 Å². The average Bonchev–Trinajstić information content (AvgIpc) is 2.61. The fourth-order valence-electron chi connectivity index (χ4n) is 2.18. The highest BCUT2D eigenvalue weighted by molar-refractivity contribution is 7.99. The van der Waals surface area contributed by atoms with Gasteiger partial charge in [0, 0.05) is 17.9 Å². The lowest BCUT2D eigenvalue weighted by molar-refractivity contribution is -0.121. The lowest BCUT2D eigenvalue weighted by atomic mass is 10.1. The Labute approximate surface area is 142 Å². The number of amides is 1. The topological polar surface area (TPSA) is 38.3 Å². The van der Waals surface area contributed by atoms with Crippen LogP contribution in [0, 0.1) is 0 Å². The summed E-state index contributed by atoms with van der Waals surface area (Å²) in [6, 6.07) is 18.2. The molecule has 0 aromatic heterocycles. The first-order valence-electron chi connectivity index (χ1n) is 7.85. The minimum absolute atomic E-state index is 0.109. The van der Waals surface area contributed by atoms with Crippen molar-refractivity contribution in [3.8, 4) is 5.75 Å². The van der Waals surface area contributed by atoms with Gasteiger partial charge < -0.3 is 10.1 Å². The van der Waals surface area contributed by atoms with E-state index < -0.39 is 0 Å². The Morgan fingerprint density at radius 3 is 2.74 bits per heavy atom. The number of rotatable bonds is 9. The van der Waals surface area contributed by atoms with Gasteiger partial charge in [-0.15, -0.1) is 11.8 Å². The van der Waals surface area contributed by atoms with E-state index in [1.165, 1.54) is 4.90 Å². The van der Waals surface area contributed by atoms with Gasteiger partial charge in [0.05, 0.1) is 7.11 Å². The smallest absolute Gasteiger partial charge is 0.220 e. The van der Waals surface area contributed by atoms with Gasteiger partial charge >= 0.3 is 0 Å². The zero-order valence-electron chi connectivity index (χ0n) is 13.5. The molecular weight excluding hydrogens is 306 g/mol. The molecule has 1 amide bonds. The zero-order valence-corrected chi connectivity index (χ0v) is 14.3. The van der Waals surface area contributed by atoms with Gasteiger partial charge in [-0.05, 0) is 48.4 Å². The Bertz CT molecular complexity index is 601. The second-order valence-corrected chi connectivity index (χ2v) is 6.38. The molecule has 0 aliphatic heterocycles. The van der Waals surface area contributed by atoms with Gasteiger partial charge in [-0.3, -0.25) is 4.79 Å². The standard InChI is InChI=1S/C19H23NO2S/c1-22-17-8-5-7-16(15-17)11-12-19(21)20-13-6-14-23-18-9-3-2-4-10-18/h2-5,7-10,15H,6,11-14H2,1H3,(H,20,21). The summed E-state index contributed by atoms with van der Waals surface area (Å²) >= 11 is 1.82. The first-order chi connectivity index (χ1) is 11.3. The predicted molar refractivity (Wildman–Crippen MR) is 96.1 cm³/mol. The number of benzene rings is 2. The van der Waals surface area contributed by atoms with Gasteiger partial charge in [0.15, 0.2) is 0 Å². The highest BCUT2D eigenvalue weighted by atomic mass is 32.2. The minimum Gasteiger partial charge on any atom is -0.497 e. The average molecular weight is 329 g/mol. The second-order valence-electron chi connectivity index (χ2n) is 5.22. The number of aryl methyl sites for hydroxylation is 1. The summed E-state index contributed by atoms with van der Waals surface area (Å²) < 4.78 is 5.19. The molecule has 0 atom stereocenters. The third-order valence-corrected chi connectivity index (χ3v) is 4.53. The minimum atomic E-state index is 0.109. The van der Waals surface area contributed by atoms with Crippen molar-refractivity contribution in [3.05, 3.63) is 60.2 Å². The second kappa shape index (κ2) is 9.95. The van der Waals surface area contributed by atoms with Crippen LogP contribution in [0.1, 0.15) is 18.4 Å². The maximum Gasteiger partial charge on any atom is 0.220 e. The zero-order chi connectivity index (χ0) is 16.3. The maximum atomic E-state index is 11.9. The van der Waals surface area contributed by atoms with E-state index in [2.05, 4.69) is 17.4 Å². The molecule has 0 fully saturated rings. The van der Waals surface area contributed by atoms with Crippen LogP contribution in [0.15, 0.2) is 59.5 Å². The number of methoxy groups -OCH3 is 1. The van der Waals surface area contributed by atoms with Gasteiger partial charge in [-0.1, -0.05) is 30.3 Å². The molecule has 1 N–H and O–H groups in total. The van der Waals surface area contributed by atoms with E-state index in [1.807, 2.05) is 54.2 Å². The number of ether oxygens (including phenoxy) is 1. The monoisotopic (exact) mass is 329 g/mol. The summed E-state index contributed by atoms with van der Waals surface area (Å²) in [7, 11) is 1.65. The van der Waals surface area contributed by atoms with Crippen molar-refractivity contribution in [2.45, 2.75) is 24.2 Å². The molecule has 3 nitrogen and oxygen atoms in total. The van der Waals surface area contributed by atoms with E-state index in [9.17, 15) is 4.79 Å². The van der Waals surface area contributed by atoms with Crippen molar-refractivity contribution in [2.24, 2.45) is 0 Å². The van der Waals surface area contributed by atoms with Crippen LogP contribution in [0.5, 0.6) is 5.75 Å². The van der Waals surface area contributed by atoms with Crippen LogP contribution in [0.2, 0.25) is 0 Å². The Balaban J connectivity index is 1.58. The molecule has 0 aliphatic carbocycles. The van der Waals surface area contributed by atoms with Crippen molar-refractivity contribution in [2.75, 3.05) is 19.4 Å². The molecule has 0 saturated carbocycles. The van der Waals surface area contributed by atoms with Crippen molar-refractivity contribution in [3.63, 3.8) is 0 Å². The van der Waals surface area contributed by atoms with Crippen LogP contribution in [-0.4, -0.2) is 25.3 Å².